The number of halogens is 1. The lowest BCUT2D eigenvalue weighted by Crippen LogP contribution is -2.55. The number of pyridine rings is 1. The molecule has 40 heavy (non-hydrogen) atoms. The van der Waals surface area contributed by atoms with E-state index < -0.39 is 5.60 Å². The average molecular weight is 547 g/mol. The highest BCUT2D eigenvalue weighted by Gasteiger charge is 2.32. The van der Waals surface area contributed by atoms with E-state index in [0.717, 1.165) is 18.4 Å². The predicted octanol–water partition coefficient (Wildman–Crippen LogP) is 4.15. The molecule has 210 valence electrons. The second-order valence-corrected chi connectivity index (χ2v) is 10.8. The van der Waals surface area contributed by atoms with Gasteiger partial charge < -0.3 is 19.9 Å². The van der Waals surface area contributed by atoms with Crippen LogP contribution in [0.1, 0.15) is 61.2 Å². The molecule has 9 nitrogen and oxygen atoms in total. The van der Waals surface area contributed by atoms with Crippen LogP contribution in [-0.2, 0) is 11.2 Å². The van der Waals surface area contributed by atoms with Gasteiger partial charge in [0, 0.05) is 50.2 Å². The summed E-state index contributed by atoms with van der Waals surface area (Å²) in [5.41, 5.74) is 2.13. The van der Waals surface area contributed by atoms with Gasteiger partial charge in [-0.2, -0.15) is 5.10 Å². The Balaban J connectivity index is 1.51. The molecular formula is C30H35FN6O3. The van der Waals surface area contributed by atoms with Gasteiger partial charge in [-0.25, -0.2) is 14.2 Å². The molecule has 0 spiro atoms. The van der Waals surface area contributed by atoms with Crippen molar-refractivity contribution in [2.24, 2.45) is 0 Å². The SMILES string of the molecule is CC1CN(c2ncc(C(=O)NCCCc3cn[nH]c3)cc2C#Cc2ccc(F)cc2)CCN1C(=O)OC(C)(C)C. The molecular weight excluding hydrogens is 511 g/mol. The topological polar surface area (TPSA) is 103 Å². The molecule has 1 aliphatic heterocycles. The number of rotatable bonds is 6. The summed E-state index contributed by atoms with van der Waals surface area (Å²) >= 11 is 0. The number of carbonyl (C=O) groups is 2. The first-order valence-electron chi connectivity index (χ1n) is 13.4. The van der Waals surface area contributed by atoms with Gasteiger partial charge in [0.25, 0.3) is 5.91 Å². The number of carbonyl (C=O) groups excluding carboxylic acids is 2. The maximum absolute atomic E-state index is 13.4. The van der Waals surface area contributed by atoms with E-state index in [-0.39, 0.29) is 23.9 Å². The van der Waals surface area contributed by atoms with Crippen molar-refractivity contribution < 1.29 is 18.7 Å². The Morgan fingerprint density at radius 2 is 1.95 bits per heavy atom. The number of benzene rings is 1. The van der Waals surface area contributed by atoms with Crippen molar-refractivity contribution in [3.63, 3.8) is 0 Å². The van der Waals surface area contributed by atoms with Crippen molar-refractivity contribution in [2.75, 3.05) is 31.1 Å². The lowest BCUT2D eigenvalue weighted by molar-refractivity contribution is 0.0158. The van der Waals surface area contributed by atoms with Crippen LogP contribution < -0.4 is 10.2 Å². The molecule has 0 saturated carbocycles. The Hall–Kier alpha value is -4.39. The summed E-state index contributed by atoms with van der Waals surface area (Å²) in [7, 11) is 0. The summed E-state index contributed by atoms with van der Waals surface area (Å²) in [6.07, 6.45) is 6.39. The molecule has 3 aromatic rings. The number of nitrogens with zero attached hydrogens (tertiary/aromatic N) is 4. The van der Waals surface area contributed by atoms with Crippen LogP contribution in [0.15, 0.2) is 48.9 Å². The Kier molecular flexibility index (Phi) is 9.04. The Morgan fingerprint density at radius 1 is 1.18 bits per heavy atom. The van der Waals surface area contributed by atoms with Gasteiger partial charge in [-0.3, -0.25) is 9.89 Å². The van der Waals surface area contributed by atoms with E-state index in [9.17, 15) is 14.0 Å². The molecule has 3 heterocycles. The summed E-state index contributed by atoms with van der Waals surface area (Å²) in [5.74, 6) is 6.25. The molecule has 4 rings (SSSR count). The van der Waals surface area contributed by atoms with Crippen LogP contribution >= 0.6 is 0 Å². The Morgan fingerprint density at radius 3 is 2.62 bits per heavy atom. The number of anilines is 1. The summed E-state index contributed by atoms with van der Waals surface area (Å²) in [5, 5.41) is 9.66. The summed E-state index contributed by atoms with van der Waals surface area (Å²) in [4.78, 5) is 34.0. The molecule has 1 saturated heterocycles. The molecule has 2 amide bonds. The molecule has 1 unspecified atom stereocenters. The molecule has 1 aliphatic rings. The van der Waals surface area contributed by atoms with Gasteiger partial charge in [0.1, 0.15) is 17.2 Å². The van der Waals surface area contributed by atoms with Crippen LogP contribution in [0.25, 0.3) is 0 Å². The van der Waals surface area contributed by atoms with E-state index in [1.165, 1.54) is 12.1 Å². The fraction of sp³-hybridized carbons (Fsp3) is 0.400. The zero-order chi connectivity index (χ0) is 28.7. The van der Waals surface area contributed by atoms with Crippen LogP contribution in [0, 0.1) is 17.7 Å². The van der Waals surface area contributed by atoms with E-state index in [0.29, 0.717) is 48.7 Å². The third-order valence-corrected chi connectivity index (χ3v) is 6.35. The first-order chi connectivity index (χ1) is 19.1. The number of H-pyrrole nitrogens is 1. The molecule has 2 aromatic heterocycles. The van der Waals surface area contributed by atoms with Gasteiger partial charge in [0.05, 0.1) is 17.3 Å². The zero-order valence-electron chi connectivity index (χ0n) is 23.3. The normalized spacial score (nSPS) is 15.3. The Labute approximate surface area is 234 Å². The van der Waals surface area contributed by atoms with Crippen LogP contribution in [0.3, 0.4) is 0 Å². The van der Waals surface area contributed by atoms with E-state index in [1.807, 2.05) is 33.9 Å². The number of aromatic nitrogens is 3. The van der Waals surface area contributed by atoms with Gasteiger partial charge in [-0.1, -0.05) is 11.8 Å². The van der Waals surface area contributed by atoms with Gasteiger partial charge in [-0.15, -0.1) is 0 Å². The first-order valence-corrected chi connectivity index (χ1v) is 13.4. The monoisotopic (exact) mass is 546 g/mol. The quantitative estimate of drug-likeness (QED) is 0.356. The molecule has 1 aromatic carbocycles. The van der Waals surface area contributed by atoms with E-state index in [4.69, 9.17) is 4.74 Å². The lowest BCUT2D eigenvalue weighted by atomic mass is 10.1. The van der Waals surface area contributed by atoms with E-state index in [1.54, 1.807) is 35.5 Å². The van der Waals surface area contributed by atoms with E-state index in [2.05, 4.69) is 37.2 Å². The number of piperazine rings is 1. The van der Waals surface area contributed by atoms with Crippen molar-refractivity contribution >= 4 is 17.8 Å². The van der Waals surface area contributed by atoms with Gasteiger partial charge >= 0.3 is 6.09 Å². The molecule has 0 radical (unpaired) electrons. The van der Waals surface area contributed by atoms with Crippen LogP contribution in [0.4, 0.5) is 15.0 Å². The minimum atomic E-state index is -0.575. The molecule has 2 N–H and O–H groups in total. The molecule has 1 atom stereocenters. The summed E-state index contributed by atoms with van der Waals surface area (Å²) in [6, 6.07) is 7.53. The van der Waals surface area contributed by atoms with Crippen LogP contribution in [0.2, 0.25) is 0 Å². The maximum Gasteiger partial charge on any atom is 0.410 e. The molecule has 1 fully saturated rings. The van der Waals surface area contributed by atoms with Gasteiger partial charge in [0.2, 0.25) is 0 Å². The van der Waals surface area contributed by atoms with Gasteiger partial charge in [0.15, 0.2) is 0 Å². The van der Waals surface area contributed by atoms with E-state index >= 15 is 0 Å². The lowest BCUT2D eigenvalue weighted by Gasteiger charge is -2.41. The third-order valence-electron chi connectivity index (χ3n) is 6.35. The van der Waals surface area contributed by atoms with Crippen LogP contribution in [-0.4, -0.2) is 69.9 Å². The summed E-state index contributed by atoms with van der Waals surface area (Å²) < 4.78 is 18.9. The number of hydrogen-bond acceptors (Lipinski definition) is 6. The fourth-order valence-corrected chi connectivity index (χ4v) is 4.35. The fourth-order valence-electron chi connectivity index (χ4n) is 4.35. The van der Waals surface area contributed by atoms with Crippen molar-refractivity contribution in [2.45, 2.75) is 52.2 Å². The third kappa shape index (κ3) is 7.82. The van der Waals surface area contributed by atoms with Crippen molar-refractivity contribution in [3.8, 4) is 11.8 Å². The number of aromatic amines is 1. The zero-order valence-corrected chi connectivity index (χ0v) is 23.3. The van der Waals surface area contributed by atoms with Crippen molar-refractivity contribution in [3.05, 3.63) is 77.0 Å². The number of aryl methyl sites for hydroxylation is 1. The van der Waals surface area contributed by atoms with Crippen LogP contribution in [0.5, 0.6) is 0 Å². The second kappa shape index (κ2) is 12.6. The first kappa shape index (κ1) is 28.6. The number of nitrogens with one attached hydrogen (secondary N) is 2. The highest BCUT2D eigenvalue weighted by Crippen LogP contribution is 2.23. The Bertz CT molecular complexity index is 1370. The maximum atomic E-state index is 13.4. The standard InChI is InChI=1S/C30H35FN6O3/c1-21-20-36(14-15-37(21)29(39)40-30(2,3)4)27-24(10-7-22-8-11-26(31)12-9-22)16-25(19-33-27)28(38)32-13-5-6-23-17-34-35-18-23/h8-9,11-12,16-19,21H,5-6,13-15,20H2,1-4H3,(H,32,38)(H,34,35). The van der Waals surface area contributed by atoms with Crippen molar-refractivity contribution in [1.82, 2.24) is 25.4 Å². The highest BCUT2D eigenvalue weighted by molar-refractivity contribution is 5.94. The number of amides is 2. The molecule has 0 aliphatic carbocycles. The highest BCUT2D eigenvalue weighted by atomic mass is 19.1. The largest absolute Gasteiger partial charge is 0.444 e. The van der Waals surface area contributed by atoms with Crippen molar-refractivity contribution in [1.29, 1.82) is 0 Å². The number of ether oxygens (including phenoxy) is 1. The molecule has 0 bridgehead atoms. The minimum absolute atomic E-state index is 0.124. The van der Waals surface area contributed by atoms with Gasteiger partial charge in [-0.05, 0) is 76.4 Å². The number of hydrogen-bond donors (Lipinski definition) is 2. The predicted molar refractivity (Wildman–Crippen MR) is 150 cm³/mol. The minimum Gasteiger partial charge on any atom is -0.444 e. The molecule has 10 heteroatoms. The second-order valence-electron chi connectivity index (χ2n) is 10.8. The summed E-state index contributed by atoms with van der Waals surface area (Å²) in [6.45, 7) is 9.52. The average Bonchev–Trinajstić information content (AvgIpc) is 3.43. The smallest absolute Gasteiger partial charge is 0.410 e.